The maximum Gasteiger partial charge on any atom is 0.0696 e. The molecule has 0 aromatic heterocycles. The lowest BCUT2D eigenvalue weighted by atomic mass is 10.00. The highest BCUT2D eigenvalue weighted by Gasteiger charge is 2.21. The van der Waals surface area contributed by atoms with E-state index in [2.05, 4.69) is 36.5 Å². The van der Waals surface area contributed by atoms with Gasteiger partial charge in [-0.3, -0.25) is 0 Å². The van der Waals surface area contributed by atoms with E-state index in [1.165, 1.54) is 17.5 Å². The first-order valence-electron chi connectivity index (χ1n) is 6.79. The van der Waals surface area contributed by atoms with Crippen molar-refractivity contribution in [3.05, 3.63) is 35.4 Å². The van der Waals surface area contributed by atoms with Crippen LogP contribution in [0.1, 0.15) is 37.3 Å². The van der Waals surface area contributed by atoms with Crippen molar-refractivity contribution in [2.75, 3.05) is 6.54 Å². The summed E-state index contributed by atoms with van der Waals surface area (Å²) >= 11 is 0. The highest BCUT2D eigenvalue weighted by molar-refractivity contribution is 5.22. The molecule has 1 aromatic rings. The molecule has 1 aliphatic rings. The molecule has 2 nitrogen and oxygen atoms in total. The Morgan fingerprint density at radius 1 is 1.29 bits per heavy atom. The molecule has 0 radical (unpaired) electrons. The Kier molecular flexibility index (Phi) is 4.57. The molecule has 0 spiro atoms. The average Bonchev–Trinajstić information content (AvgIpc) is 2.90. The van der Waals surface area contributed by atoms with Gasteiger partial charge in [-0.05, 0) is 49.8 Å². The van der Waals surface area contributed by atoms with Crippen molar-refractivity contribution in [3.8, 4) is 0 Å². The van der Waals surface area contributed by atoms with Crippen LogP contribution in [-0.2, 0) is 12.8 Å². The standard InChI is InChI=1S/C15H23NO/c1-2-12-5-7-13(8-6-12)9-10-15(17)14-4-3-11-16-14/h5-8,14-17H,2-4,9-11H2,1H3. The SMILES string of the molecule is CCc1ccc(CCC(O)C2CCCN2)cc1. The minimum Gasteiger partial charge on any atom is -0.391 e. The lowest BCUT2D eigenvalue weighted by Crippen LogP contribution is -2.34. The van der Waals surface area contributed by atoms with Crippen LogP contribution in [0, 0.1) is 0 Å². The summed E-state index contributed by atoms with van der Waals surface area (Å²) in [4.78, 5) is 0. The molecule has 2 rings (SSSR count). The first-order valence-corrected chi connectivity index (χ1v) is 6.79. The molecule has 2 unspecified atom stereocenters. The minimum absolute atomic E-state index is 0.191. The van der Waals surface area contributed by atoms with E-state index in [9.17, 15) is 5.11 Å². The molecule has 1 saturated heterocycles. The van der Waals surface area contributed by atoms with Gasteiger partial charge < -0.3 is 10.4 Å². The maximum atomic E-state index is 10.0. The van der Waals surface area contributed by atoms with Crippen molar-refractivity contribution in [2.45, 2.75) is 51.2 Å². The zero-order valence-electron chi connectivity index (χ0n) is 10.7. The molecule has 0 saturated carbocycles. The van der Waals surface area contributed by atoms with Gasteiger partial charge in [-0.1, -0.05) is 31.2 Å². The Hall–Kier alpha value is -0.860. The summed E-state index contributed by atoms with van der Waals surface area (Å²) < 4.78 is 0. The lowest BCUT2D eigenvalue weighted by Gasteiger charge is -2.18. The number of aliphatic hydroxyl groups excluding tert-OH is 1. The van der Waals surface area contributed by atoms with Crippen LogP contribution in [0.2, 0.25) is 0 Å². The third-order valence-corrected chi connectivity index (χ3v) is 3.72. The molecule has 1 aromatic carbocycles. The number of nitrogens with one attached hydrogen (secondary N) is 1. The predicted octanol–water partition coefficient (Wildman–Crippen LogP) is 2.29. The van der Waals surface area contributed by atoms with Gasteiger partial charge in [0.05, 0.1) is 6.10 Å². The first kappa shape index (κ1) is 12.6. The third-order valence-electron chi connectivity index (χ3n) is 3.72. The normalized spacial score (nSPS) is 21.6. The van der Waals surface area contributed by atoms with Crippen molar-refractivity contribution >= 4 is 0 Å². The topological polar surface area (TPSA) is 32.3 Å². The molecular weight excluding hydrogens is 210 g/mol. The summed E-state index contributed by atoms with van der Waals surface area (Å²) in [5, 5.41) is 13.4. The molecule has 1 aliphatic heterocycles. The summed E-state index contributed by atoms with van der Waals surface area (Å²) in [6.45, 7) is 3.23. The van der Waals surface area contributed by atoms with Gasteiger partial charge in [0.2, 0.25) is 0 Å². The zero-order chi connectivity index (χ0) is 12.1. The maximum absolute atomic E-state index is 10.0. The molecular formula is C15H23NO. The van der Waals surface area contributed by atoms with E-state index in [1.54, 1.807) is 0 Å². The average molecular weight is 233 g/mol. The molecule has 0 amide bonds. The number of benzene rings is 1. The van der Waals surface area contributed by atoms with Gasteiger partial charge >= 0.3 is 0 Å². The molecule has 2 N–H and O–H groups in total. The van der Waals surface area contributed by atoms with Gasteiger partial charge in [0, 0.05) is 6.04 Å². The Labute approximate surface area is 104 Å². The van der Waals surface area contributed by atoms with Crippen molar-refractivity contribution in [1.82, 2.24) is 5.32 Å². The van der Waals surface area contributed by atoms with Crippen LogP contribution < -0.4 is 5.32 Å². The molecule has 1 fully saturated rings. The Morgan fingerprint density at radius 2 is 2.00 bits per heavy atom. The second-order valence-corrected chi connectivity index (χ2v) is 4.98. The van der Waals surface area contributed by atoms with Gasteiger partial charge in [0.15, 0.2) is 0 Å². The first-order chi connectivity index (χ1) is 8.29. The monoisotopic (exact) mass is 233 g/mol. The highest BCUT2D eigenvalue weighted by Crippen LogP contribution is 2.15. The van der Waals surface area contributed by atoms with Gasteiger partial charge in [0.1, 0.15) is 0 Å². The summed E-state index contributed by atoms with van der Waals surface area (Å²) in [5.41, 5.74) is 2.71. The summed E-state index contributed by atoms with van der Waals surface area (Å²) in [5.74, 6) is 0. The fourth-order valence-electron chi connectivity index (χ4n) is 2.50. The number of aliphatic hydroxyl groups is 1. The van der Waals surface area contributed by atoms with Crippen LogP contribution in [-0.4, -0.2) is 23.8 Å². The molecule has 0 aliphatic carbocycles. The van der Waals surface area contributed by atoms with Crippen LogP contribution in [0.25, 0.3) is 0 Å². The highest BCUT2D eigenvalue weighted by atomic mass is 16.3. The Bertz CT molecular complexity index is 327. The van der Waals surface area contributed by atoms with Crippen LogP contribution in [0.3, 0.4) is 0 Å². The van der Waals surface area contributed by atoms with E-state index in [1.807, 2.05) is 0 Å². The number of rotatable bonds is 5. The van der Waals surface area contributed by atoms with Crippen LogP contribution in [0.15, 0.2) is 24.3 Å². The van der Waals surface area contributed by atoms with Gasteiger partial charge in [0.25, 0.3) is 0 Å². The van der Waals surface area contributed by atoms with E-state index in [0.717, 1.165) is 32.2 Å². The molecule has 94 valence electrons. The van der Waals surface area contributed by atoms with E-state index in [-0.39, 0.29) is 6.10 Å². The van der Waals surface area contributed by atoms with Crippen LogP contribution in [0.5, 0.6) is 0 Å². The summed E-state index contributed by atoms with van der Waals surface area (Å²) in [7, 11) is 0. The zero-order valence-corrected chi connectivity index (χ0v) is 10.7. The Balaban J connectivity index is 1.80. The molecule has 0 bridgehead atoms. The second kappa shape index (κ2) is 6.18. The lowest BCUT2D eigenvalue weighted by molar-refractivity contribution is 0.127. The number of hydrogen-bond donors (Lipinski definition) is 2. The van der Waals surface area contributed by atoms with Gasteiger partial charge in [-0.25, -0.2) is 0 Å². The van der Waals surface area contributed by atoms with E-state index in [4.69, 9.17) is 0 Å². The van der Waals surface area contributed by atoms with E-state index >= 15 is 0 Å². The molecule has 2 heteroatoms. The fourth-order valence-corrected chi connectivity index (χ4v) is 2.50. The smallest absolute Gasteiger partial charge is 0.0696 e. The number of hydrogen-bond acceptors (Lipinski definition) is 2. The fraction of sp³-hybridized carbons (Fsp3) is 0.600. The summed E-state index contributed by atoms with van der Waals surface area (Å²) in [6.07, 6.45) is 5.06. The van der Waals surface area contributed by atoms with Crippen molar-refractivity contribution < 1.29 is 5.11 Å². The quantitative estimate of drug-likeness (QED) is 0.818. The van der Waals surface area contributed by atoms with Gasteiger partial charge in [-0.15, -0.1) is 0 Å². The van der Waals surface area contributed by atoms with Crippen LogP contribution >= 0.6 is 0 Å². The van der Waals surface area contributed by atoms with Crippen molar-refractivity contribution in [1.29, 1.82) is 0 Å². The van der Waals surface area contributed by atoms with E-state index < -0.39 is 0 Å². The molecule has 1 heterocycles. The number of aryl methyl sites for hydroxylation is 2. The second-order valence-electron chi connectivity index (χ2n) is 4.98. The van der Waals surface area contributed by atoms with Crippen LogP contribution in [0.4, 0.5) is 0 Å². The Morgan fingerprint density at radius 3 is 2.59 bits per heavy atom. The van der Waals surface area contributed by atoms with E-state index in [0.29, 0.717) is 6.04 Å². The predicted molar refractivity (Wildman–Crippen MR) is 71.2 cm³/mol. The largest absolute Gasteiger partial charge is 0.391 e. The molecule has 2 atom stereocenters. The van der Waals surface area contributed by atoms with Crippen molar-refractivity contribution in [3.63, 3.8) is 0 Å². The van der Waals surface area contributed by atoms with Crippen molar-refractivity contribution in [2.24, 2.45) is 0 Å². The van der Waals surface area contributed by atoms with Gasteiger partial charge in [-0.2, -0.15) is 0 Å². The minimum atomic E-state index is -0.191. The molecule has 17 heavy (non-hydrogen) atoms. The third kappa shape index (κ3) is 3.55. The summed E-state index contributed by atoms with van der Waals surface area (Å²) in [6, 6.07) is 9.08.